The van der Waals surface area contributed by atoms with Crippen LogP contribution < -0.4 is 15.9 Å². The summed E-state index contributed by atoms with van der Waals surface area (Å²) in [6.07, 6.45) is 0.511. The molecule has 5 aromatic rings. The van der Waals surface area contributed by atoms with E-state index in [9.17, 15) is 4.57 Å². The number of benzene rings is 5. The molecule has 42 heavy (non-hydrogen) atoms. The van der Waals surface area contributed by atoms with E-state index in [4.69, 9.17) is 0 Å². The molecule has 0 saturated carbocycles. The Morgan fingerprint density at radius 3 is 1.19 bits per heavy atom. The molecule has 0 aromatic heterocycles. The lowest BCUT2D eigenvalue weighted by Crippen LogP contribution is -2.38. The molecule has 0 amide bonds. The van der Waals surface area contributed by atoms with Crippen molar-refractivity contribution < 1.29 is 9.13 Å². The fourth-order valence-electron chi connectivity index (χ4n) is 5.44. The SMILES string of the molecule is CC[P@@](=O)(c1ccccc1)N(CCN(Cc1ccccc1)P(=O)(c1ccccc1)c1ccccc1)Cc1ccccc1. The first-order valence-corrected chi connectivity index (χ1v) is 18.0. The highest BCUT2D eigenvalue weighted by atomic mass is 31.2. The monoisotopic (exact) mass is 592 g/mol. The lowest BCUT2D eigenvalue weighted by Gasteiger charge is -2.37. The van der Waals surface area contributed by atoms with Crippen molar-refractivity contribution in [2.75, 3.05) is 19.3 Å². The Balaban J connectivity index is 1.58. The van der Waals surface area contributed by atoms with Gasteiger partial charge in [-0.1, -0.05) is 134 Å². The van der Waals surface area contributed by atoms with Crippen molar-refractivity contribution in [2.45, 2.75) is 20.0 Å². The molecule has 0 spiro atoms. The Kier molecular flexibility index (Phi) is 10.1. The van der Waals surface area contributed by atoms with Gasteiger partial charge in [-0.2, -0.15) is 0 Å². The van der Waals surface area contributed by atoms with Crippen LogP contribution in [0.3, 0.4) is 0 Å². The van der Waals surface area contributed by atoms with Crippen molar-refractivity contribution in [2.24, 2.45) is 0 Å². The van der Waals surface area contributed by atoms with Gasteiger partial charge >= 0.3 is 0 Å². The molecule has 0 unspecified atom stereocenters. The van der Waals surface area contributed by atoms with Gasteiger partial charge in [-0.3, -0.25) is 4.57 Å². The largest absolute Gasteiger partial charge is 0.301 e. The van der Waals surface area contributed by atoms with Gasteiger partial charge in [0.15, 0.2) is 7.29 Å². The number of hydrogen-bond acceptors (Lipinski definition) is 2. The van der Waals surface area contributed by atoms with Crippen molar-refractivity contribution >= 4 is 30.5 Å². The summed E-state index contributed by atoms with van der Waals surface area (Å²) in [5.41, 5.74) is 2.19. The normalized spacial score (nSPS) is 13.2. The summed E-state index contributed by atoms with van der Waals surface area (Å²) >= 11 is 0. The van der Waals surface area contributed by atoms with Crippen LogP contribution >= 0.6 is 14.6 Å². The Morgan fingerprint density at radius 1 is 0.452 bits per heavy atom. The minimum atomic E-state index is -3.25. The Hall–Kier alpha value is -3.52. The van der Waals surface area contributed by atoms with Gasteiger partial charge < -0.3 is 4.57 Å². The second-order valence-electron chi connectivity index (χ2n) is 10.3. The summed E-state index contributed by atoms with van der Waals surface area (Å²) in [6.45, 7) is 4.02. The minimum absolute atomic E-state index is 0.472. The van der Waals surface area contributed by atoms with Crippen LogP contribution in [0.15, 0.2) is 152 Å². The van der Waals surface area contributed by atoms with E-state index in [1.54, 1.807) is 0 Å². The summed E-state index contributed by atoms with van der Waals surface area (Å²) < 4.78 is 34.7. The molecule has 0 bridgehead atoms. The minimum Gasteiger partial charge on any atom is -0.301 e. The maximum Gasteiger partial charge on any atom is 0.207 e. The van der Waals surface area contributed by atoms with Crippen molar-refractivity contribution in [3.8, 4) is 0 Å². The van der Waals surface area contributed by atoms with Gasteiger partial charge in [0, 0.05) is 48.3 Å². The summed E-state index contributed by atoms with van der Waals surface area (Å²) in [7, 11) is -6.20. The van der Waals surface area contributed by atoms with Crippen LogP contribution in [0.4, 0.5) is 0 Å². The molecule has 0 N–H and O–H groups in total. The van der Waals surface area contributed by atoms with Gasteiger partial charge in [0.2, 0.25) is 7.29 Å². The lowest BCUT2D eigenvalue weighted by molar-refractivity contribution is 0.342. The van der Waals surface area contributed by atoms with Crippen LogP contribution in [-0.4, -0.2) is 28.6 Å². The molecule has 0 aliphatic rings. The summed E-state index contributed by atoms with van der Waals surface area (Å²) in [6, 6.07) is 49.8. The first-order chi connectivity index (χ1) is 20.5. The van der Waals surface area contributed by atoms with E-state index in [0.29, 0.717) is 32.3 Å². The van der Waals surface area contributed by atoms with Gasteiger partial charge in [-0.15, -0.1) is 0 Å². The van der Waals surface area contributed by atoms with Crippen LogP contribution in [0, 0.1) is 0 Å². The maximum absolute atomic E-state index is 15.5. The summed E-state index contributed by atoms with van der Waals surface area (Å²) in [4.78, 5) is 0. The van der Waals surface area contributed by atoms with Crippen LogP contribution in [0.25, 0.3) is 0 Å². The Labute approximate surface area is 250 Å². The molecular formula is C36H38N2O2P2. The second kappa shape index (κ2) is 14.1. The molecule has 5 rings (SSSR count). The highest BCUT2D eigenvalue weighted by Crippen LogP contribution is 2.51. The third-order valence-electron chi connectivity index (χ3n) is 7.69. The molecule has 0 aliphatic heterocycles. The van der Waals surface area contributed by atoms with Gasteiger partial charge in [0.25, 0.3) is 0 Å². The van der Waals surface area contributed by atoms with Gasteiger partial charge in [-0.05, 0) is 35.4 Å². The number of rotatable bonds is 13. The Morgan fingerprint density at radius 2 is 0.786 bits per heavy atom. The molecule has 5 aromatic carbocycles. The fraction of sp³-hybridized carbons (Fsp3) is 0.167. The maximum atomic E-state index is 15.5. The predicted octanol–water partition coefficient (Wildman–Crippen LogP) is 7.54. The average molecular weight is 593 g/mol. The molecule has 214 valence electrons. The number of nitrogens with zero attached hydrogens (tertiary/aromatic N) is 2. The van der Waals surface area contributed by atoms with Crippen LogP contribution in [-0.2, 0) is 22.2 Å². The summed E-state index contributed by atoms with van der Waals surface area (Å²) in [5.74, 6) is 0. The van der Waals surface area contributed by atoms with E-state index in [0.717, 1.165) is 27.0 Å². The van der Waals surface area contributed by atoms with Crippen molar-refractivity contribution in [1.29, 1.82) is 0 Å². The van der Waals surface area contributed by atoms with Crippen molar-refractivity contribution in [1.82, 2.24) is 9.34 Å². The molecule has 6 heteroatoms. The van der Waals surface area contributed by atoms with Crippen molar-refractivity contribution in [3.63, 3.8) is 0 Å². The van der Waals surface area contributed by atoms with E-state index in [1.807, 2.05) is 134 Å². The van der Waals surface area contributed by atoms with Gasteiger partial charge in [0.1, 0.15) is 0 Å². The first kappa shape index (κ1) is 30.0. The van der Waals surface area contributed by atoms with E-state index in [-0.39, 0.29) is 0 Å². The molecule has 0 saturated heterocycles. The van der Waals surface area contributed by atoms with E-state index in [2.05, 4.69) is 33.6 Å². The molecule has 0 heterocycles. The fourth-order valence-corrected chi connectivity index (χ4v) is 10.8. The van der Waals surface area contributed by atoms with E-state index >= 15 is 4.57 Å². The third kappa shape index (κ3) is 6.75. The topological polar surface area (TPSA) is 40.6 Å². The molecule has 4 nitrogen and oxygen atoms in total. The first-order valence-electron chi connectivity index (χ1n) is 14.5. The van der Waals surface area contributed by atoms with Gasteiger partial charge in [-0.25, -0.2) is 9.34 Å². The van der Waals surface area contributed by atoms with E-state index in [1.165, 1.54) is 0 Å². The molecule has 0 aliphatic carbocycles. The standard InChI is InChI=1S/C36H38N2O2P2/c1-2-41(39,34-22-12-5-13-23-34)37(30-32-18-8-3-9-19-32)28-29-38(31-33-20-10-4-11-21-33)42(40,35-24-14-6-15-25-35)36-26-16-7-17-27-36/h3-27H,2,28-31H2,1H3/t41-/m1/s1. The lowest BCUT2D eigenvalue weighted by atomic mass is 10.2. The summed E-state index contributed by atoms with van der Waals surface area (Å²) in [5, 5.41) is 2.44. The van der Waals surface area contributed by atoms with E-state index < -0.39 is 14.6 Å². The zero-order valence-electron chi connectivity index (χ0n) is 24.1. The molecular weight excluding hydrogens is 554 g/mol. The average Bonchev–Trinajstić information content (AvgIpc) is 3.07. The highest BCUT2D eigenvalue weighted by Gasteiger charge is 2.37. The number of hydrogen-bond donors (Lipinski definition) is 0. The smallest absolute Gasteiger partial charge is 0.207 e. The second-order valence-corrected chi connectivity index (χ2v) is 16.2. The quantitative estimate of drug-likeness (QED) is 0.133. The van der Waals surface area contributed by atoms with Crippen LogP contribution in [0.5, 0.6) is 0 Å². The Bertz CT molecular complexity index is 1570. The zero-order chi connectivity index (χ0) is 29.3. The zero-order valence-corrected chi connectivity index (χ0v) is 25.9. The molecule has 0 radical (unpaired) electrons. The third-order valence-corrected chi connectivity index (χ3v) is 14.0. The van der Waals surface area contributed by atoms with Gasteiger partial charge in [0.05, 0.1) is 0 Å². The van der Waals surface area contributed by atoms with Crippen LogP contribution in [0.1, 0.15) is 18.1 Å². The molecule has 0 fully saturated rings. The van der Waals surface area contributed by atoms with Crippen molar-refractivity contribution in [3.05, 3.63) is 163 Å². The highest BCUT2D eigenvalue weighted by molar-refractivity contribution is 7.76. The van der Waals surface area contributed by atoms with Crippen LogP contribution in [0.2, 0.25) is 0 Å². The predicted molar refractivity (Wildman–Crippen MR) is 178 cm³/mol. The molecule has 1 atom stereocenters.